The molecule has 0 saturated carbocycles. The van der Waals surface area contributed by atoms with Gasteiger partial charge < -0.3 is 10.1 Å². The standard InChI is InChI=1S/C20H22N2O6S/c1-13(23)15-5-9-17(10-6-15)21-19(24)14(2)28-20(25)16-7-11-18(12-8-16)29(26,27)22(3)4/h5-12,14H,1-4H3,(H,21,24)/t14-/m1/s1. The van der Waals surface area contributed by atoms with E-state index in [1.165, 1.54) is 52.2 Å². The maximum Gasteiger partial charge on any atom is 0.338 e. The lowest BCUT2D eigenvalue weighted by molar-refractivity contribution is -0.123. The lowest BCUT2D eigenvalue weighted by atomic mass is 10.1. The molecule has 2 rings (SSSR count). The van der Waals surface area contributed by atoms with Crippen molar-refractivity contribution in [1.29, 1.82) is 0 Å². The molecule has 29 heavy (non-hydrogen) atoms. The number of hydrogen-bond donors (Lipinski definition) is 1. The number of amides is 1. The topological polar surface area (TPSA) is 110 Å². The molecule has 0 radical (unpaired) electrons. The maximum absolute atomic E-state index is 12.2. The second-order valence-corrected chi connectivity index (χ2v) is 8.63. The second kappa shape index (κ2) is 8.97. The normalized spacial score (nSPS) is 12.3. The average molecular weight is 418 g/mol. The van der Waals surface area contributed by atoms with Gasteiger partial charge in [-0.25, -0.2) is 17.5 Å². The van der Waals surface area contributed by atoms with E-state index < -0.39 is 28.0 Å². The van der Waals surface area contributed by atoms with Crippen molar-refractivity contribution in [2.45, 2.75) is 24.8 Å². The Morgan fingerprint density at radius 1 is 0.931 bits per heavy atom. The average Bonchev–Trinajstić information content (AvgIpc) is 2.68. The number of benzene rings is 2. The van der Waals surface area contributed by atoms with Crippen LogP contribution in [-0.4, -0.2) is 50.6 Å². The third-order valence-electron chi connectivity index (χ3n) is 4.08. The number of rotatable bonds is 7. The first-order chi connectivity index (χ1) is 13.5. The highest BCUT2D eigenvalue weighted by Gasteiger charge is 2.21. The van der Waals surface area contributed by atoms with Crippen molar-refractivity contribution >= 4 is 33.4 Å². The molecule has 0 aliphatic carbocycles. The Morgan fingerprint density at radius 3 is 1.93 bits per heavy atom. The Bertz CT molecular complexity index is 1010. The minimum Gasteiger partial charge on any atom is -0.449 e. The molecule has 1 N–H and O–H groups in total. The van der Waals surface area contributed by atoms with Crippen molar-refractivity contribution in [3.05, 3.63) is 59.7 Å². The highest BCUT2D eigenvalue weighted by Crippen LogP contribution is 2.16. The van der Waals surface area contributed by atoms with Gasteiger partial charge in [-0.1, -0.05) is 0 Å². The molecule has 0 aliphatic rings. The van der Waals surface area contributed by atoms with Gasteiger partial charge in [-0.15, -0.1) is 0 Å². The van der Waals surface area contributed by atoms with Crippen LogP contribution in [0.5, 0.6) is 0 Å². The summed E-state index contributed by atoms with van der Waals surface area (Å²) in [6.45, 7) is 2.86. The van der Waals surface area contributed by atoms with E-state index in [1.807, 2.05) is 0 Å². The lowest BCUT2D eigenvalue weighted by Gasteiger charge is -2.14. The van der Waals surface area contributed by atoms with Crippen LogP contribution in [0.3, 0.4) is 0 Å². The van der Waals surface area contributed by atoms with Crippen LogP contribution in [0.25, 0.3) is 0 Å². The highest BCUT2D eigenvalue weighted by atomic mass is 32.2. The Hall–Kier alpha value is -3.04. The first-order valence-electron chi connectivity index (χ1n) is 8.68. The number of nitrogens with one attached hydrogen (secondary N) is 1. The molecule has 0 aromatic heterocycles. The molecule has 1 amide bonds. The van der Waals surface area contributed by atoms with E-state index >= 15 is 0 Å². The fourth-order valence-electron chi connectivity index (χ4n) is 2.29. The van der Waals surface area contributed by atoms with Gasteiger partial charge in [-0.3, -0.25) is 9.59 Å². The van der Waals surface area contributed by atoms with Gasteiger partial charge in [-0.2, -0.15) is 0 Å². The van der Waals surface area contributed by atoms with Gasteiger partial charge in [0.25, 0.3) is 5.91 Å². The molecule has 0 bridgehead atoms. The zero-order valence-electron chi connectivity index (χ0n) is 16.5. The van der Waals surface area contributed by atoms with Gasteiger partial charge in [0, 0.05) is 25.3 Å². The molecule has 8 nitrogen and oxygen atoms in total. The van der Waals surface area contributed by atoms with Crippen molar-refractivity contribution < 1.29 is 27.5 Å². The number of esters is 1. The molecule has 2 aromatic carbocycles. The Morgan fingerprint density at radius 2 is 1.45 bits per heavy atom. The van der Waals surface area contributed by atoms with Gasteiger partial charge >= 0.3 is 5.97 Å². The predicted octanol–water partition coefficient (Wildman–Crippen LogP) is 2.32. The fraction of sp³-hybridized carbons (Fsp3) is 0.250. The molecule has 0 unspecified atom stereocenters. The summed E-state index contributed by atoms with van der Waals surface area (Å²) < 4.78 is 30.3. The van der Waals surface area contributed by atoms with Crippen molar-refractivity contribution in [3.63, 3.8) is 0 Å². The molecule has 9 heteroatoms. The largest absolute Gasteiger partial charge is 0.449 e. The van der Waals surface area contributed by atoms with Gasteiger partial charge in [0.2, 0.25) is 10.0 Å². The van der Waals surface area contributed by atoms with Gasteiger partial charge in [0.1, 0.15) is 0 Å². The monoisotopic (exact) mass is 418 g/mol. The zero-order chi connectivity index (χ0) is 21.8. The molecule has 0 spiro atoms. The van der Waals surface area contributed by atoms with E-state index in [4.69, 9.17) is 4.74 Å². The van der Waals surface area contributed by atoms with Crippen LogP contribution in [0, 0.1) is 0 Å². The first kappa shape index (κ1) is 22.3. The summed E-state index contributed by atoms with van der Waals surface area (Å²) in [6, 6.07) is 11.6. The van der Waals surface area contributed by atoms with Gasteiger partial charge in [0.15, 0.2) is 11.9 Å². The Balaban J connectivity index is 2.00. The molecular weight excluding hydrogens is 396 g/mol. The van der Waals surface area contributed by atoms with E-state index in [2.05, 4.69) is 5.32 Å². The summed E-state index contributed by atoms with van der Waals surface area (Å²) in [4.78, 5) is 35.8. The number of anilines is 1. The van der Waals surface area contributed by atoms with Gasteiger partial charge in [-0.05, 0) is 62.4 Å². The van der Waals surface area contributed by atoms with Crippen molar-refractivity contribution in [2.24, 2.45) is 0 Å². The molecule has 0 heterocycles. The van der Waals surface area contributed by atoms with Crippen molar-refractivity contribution in [1.82, 2.24) is 4.31 Å². The van der Waals surface area contributed by atoms with Crippen molar-refractivity contribution in [3.8, 4) is 0 Å². The van der Waals surface area contributed by atoms with Crippen LogP contribution in [-0.2, 0) is 19.6 Å². The summed E-state index contributed by atoms with van der Waals surface area (Å²) in [5, 5.41) is 2.59. The number of carbonyl (C=O) groups excluding carboxylic acids is 3. The molecule has 154 valence electrons. The molecular formula is C20H22N2O6S. The number of sulfonamides is 1. The first-order valence-corrected chi connectivity index (χ1v) is 10.1. The number of Topliss-reactive ketones (excluding diaryl/α,β-unsaturated/α-hetero) is 1. The fourth-order valence-corrected chi connectivity index (χ4v) is 3.19. The zero-order valence-corrected chi connectivity index (χ0v) is 17.3. The third-order valence-corrected chi connectivity index (χ3v) is 5.91. The predicted molar refractivity (Wildman–Crippen MR) is 107 cm³/mol. The number of nitrogens with zero attached hydrogens (tertiary/aromatic N) is 1. The number of carbonyl (C=O) groups is 3. The molecule has 0 fully saturated rings. The SMILES string of the molecule is CC(=O)c1ccc(NC(=O)[C@@H](C)OC(=O)c2ccc(S(=O)(=O)N(C)C)cc2)cc1. The summed E-state index contributed by atoms with van der Waals surface area (Å²) in [6.07, 6.45) is -1.08. The summed E-state index contributed by atoms with van der Waals surface area (Å²) >= 11 is 0. The maximum atomic E-state index is 12.2. The minimum atomic E-state index is -3.60. The van der Waals surface area contributed by atoms with E-state index in [9.17, 15) is 22.8 Å². The van der Waals surface area contributed by atoms with Crippen LogP contribution >= 0.6 is 0 Å². The molecule has 1 atom stereocenters. The number of ether oxygens (including phenoxy) is 1. The van der Waals surface area contributed by atoms with Crippen LogP contribution in [0.4, 0.5) is 5.69 Å². The Labute approximate surface area is 169 Å². The summed E-state index contributed by atoms with van der Waals surface area (Å²) in [5.41, 5.74) is 1.09. The van der Waals surface area contributed by atoms with E-state index in [0.717, 1.165) is 4.31 Å². The van der Waals surface area contributed by atoms with Gasteiger partial charge in [0.05, 0.1) is 10.5 Å². The molecule has 0 aliphatic heterocycles. The Kier molecular flexibility index (Phi) is 6.89. The molecule has 0 saturated heterocycles. The second-order valence-electron chi connectivity index (χ2n) is 6.48. The van der Waals surface area contributed by atoms with E-state index in [-0.39, 0.29) is 16.2 Å². The molecule has 2 aromatic rings. The van der Waals surface area contributed by atoms with Crippen LogP contribution in [0.1, 0.15) is 34.6 Å². The van der Waals surface area contributed by atoms with Crippen molar-refractivity contribution in [2.75, 3.05) is 19.4 Å². The highest BCUT2D eigenvalue weighted by molar-refractivity contribution is 7.89. The summed E-state index contributed by atoms with van der Waals surface area (Å²) in [7, 11) is -0.787. The smallest absolute Gasteiger partial charge is 0.338 e. The van der Waals surface area contributed by atoms with Crippen LogP contribution in [0.2, 0.25) is 0 Å². The lowest BCUT2D eigenvalue weighted by Crippen LogP contribution is -2.30. The number of ketones is 1. The quantitative estimate of drug-likeness (QED) is 0.546. The summed E-state index contributed by atoms with van der Waals surface area (Å²) in [5.74, 6) is -1.39. The third kappa shape index (κ3) is 5.49. The van der Waals surface area contributed by atoms with E-state index in [1.54, 1.807) is 24.3 Å². The minimum absolute atomic E-state index is 0.0406. The van der Waals surface area contributed by atoms with Crippen LogP contribution < -0.4 is 5.32 Å². The van der Waals surface area contributed by atoms with Crippen LogP contribution in [0.15, 0.2) is 53.4 Å². The van der Waals surface area contributed by atoms with E-state index in [0.29, 0.717) is 11.3 Å². The number of hydrogen-bond acceptors (Lipinski definition) is 6.